The first-order valence-corrected chi connectivity index (χ1v) is 8.53. The molecule has 0 saturated carbocycles. The molecule has 22 heavy (non-hydrogen) atoms. The first-order chi connectivity index (χ1) is 10.6. The predicted molar refractivity (Wildman–Crippen MR) is 93.5 cm³/mol. The number of hydrogen-bond donors (Lipinski definition) is 1. The van der Waals surface area contributed by atoms with Crippen molar-refractivity contribution in [3.05, 3.63) is 57.2 Å². The summed E-state index contributed by atoms with van der Waals surface area (Å²) in [4.78, 5) is 15.3. The highest BCUT2D eigenvalue weighted by Crippen LogP contribution is 2.25. The monoisotopic (exact) mass is 336 g/mol. The number of halogens is 1. The molecule has 1 heterocycles. The van der Waals surface area contributed by atoms with Gasteiger partial charge in [0.15, 0.2) is 0 Å². The van der Waals surface area contributed by atoms with E-state index in [4.69, 9.17) is 11.6 Å². The first-order valence-electron chi connectivity index (χ1n) is 7.28. The number of amides is 1. The average molecular weight is 337 g/mol. The summed E-state index contributed by atoms with van der Waals surface area (Å²) in [7, 11) is 3.98. The molecule has 0 aliphatic heterocycles. The summed E-state index contributed by atoms with van der Waals surface area (Å²) >= 11 is 7.96. The summed E-state index contributed by atoms with van der Waals surface area (Å²) in [5.41, 5.74) is 1.03. The molecule has 0 aliphatic rings. The van der Waals surface area contributed by atoms with E-state index in [1.165, 1.54) is 4.88 Å². The molecule has 0 spiro atoms. The van der Waals surface area contributed by atoms with Crippen LogP contribution < -0.4 is 5.32 Å². The van der Waals surface area contributed by atoms with Crippen LogP contribution in [0, 0.1) is 0 Å². The lowest BCUT2D eigenvalue weighted by Gasteiger charge is -2.26. The maximum atomic E-state index is 12.0. The van der Waals surface area contributed by atoms with Gasteiger partial charge in [0.25, 0.3) is 0 Å². The number of nitrogens with zero attached hydrogens (tertiary/aromatic N) is 1. The minimum atomic E-state index is 0.0689. The first kappa shape index (κ1) is 17.0. The van der Waals surface area contributed by atoms with E-state index in [0.717, 1.165) is 17.0 Å². The van der Waals surface area contributed by atoms with Crippen LogP contribution in [0.3, 0.4) is 0 Å². The van der Waals surface area contributed by atoms with Crippen LogP contribution in [0.4, 0.5) is 0 Å². The van der Waals surface area contributed by atoms with Crippen molar-refractivity contribution in [2.24, 2.45) is 0 Å². The minimum Gasteiger partial charge on any atom is -0.354 e. The molecule has 1 N–H and O–H groups in total. The van der Waals surface area contributed by atoms with Crippen LogP contribution in [0.15, 0.2) is 41.8 Å². The van der Waals surface area contributed by atoms with Gasteiger partial charge in [-0.1, -0.05) is 35.9 Å². The molecule has 1 amide bonds. The molecule has 1 aromatic heterocycles. The van der Waals surface area contributed by atoms with E-state index in [1.807, 2.05) is 49.8 Å². The van der Waals surface area contributed by atoms with Crippen molar-refractivity contribution in [3.63, 3.8) is 0 Å². The number of thiophene rings is 1. The Morgan fingerprint density at radius 1 is 1.27 bits per heavy atom. The van der Waals surface area contributed by atoms with Gasteiger partial charge in [0, 0.05) is 22.9 Å². The number of rotatable bonds is 7. The fourth-order valence-electron chi connectivity index (χ4n) is 2.31. The van der Waals surface area contributed by atoms with Crippen molar-refractivity contribution in [2.75, 3.05) is 20.6 Å². The topological polar surface area (TPSA) is 32.3 Å². The molecule has 1 unspecified atom stereocenters. The third kappa shape index (κ3) is 4.83. The second-order valence-corrected chi connectivity index (χ2v) is 6.82. The summed E-state index contributed by atoms with van der Waals surface area (Å²) in [5.74, 6) is 0.0762. The van der Waals surface area contributed by atoms with Gasteiger partial charge >= 0.3 is 0 Å². The van der Waals surface area contributed by atoms with Crippen LogP contribution in [0.2, 0.25) is 5.02 Å². The Kier molecular flexibility index (Phi) is 6.43. The number of carbonyl (C=O) groups excluding carboxylic acids is 1. The zero-order valence-electron chi connectivity index (χ0n) is 12.9. The van der Waals surface area contributed by atoms with Crippen molar-refractivity contribution in [1.29, 1.82) is 0 Å². The van der Waals surface area contributed by atoms with Crippen LogP contribution in [0.1, 0.15) is 22.9 Å². The second-order valence-electron chi connectivity index (χ2n) is 5.38. The van der Waals surface area contributed by atoms with Crippen LogP contribution >= 0.6 is 22.9 Å². The highest BCUT2D eigenvalue weighted by atomic mass is 35.5. The molecule has 2 aromatic rings. The normalized spacial score (nSPS) is 12.4. The van der Waals surface area contributed by atoms with Crippen LogP contribution in [0.25, 0.3) is 0 Å². The smallest absolute Gasteiger partial charge is 0.220 e. The third-order valence-corrected chi connectivity index (χ3v) is 4.84. The number of likely N-dealkylation sites (N-methyl/N-ethyl adjacent to an activating group) is 1. The van der Waals surface area contributed by atoms with Gasteiger partial charge in [0.1, 0.15) is 0 Å². The Morgan fingerprint density at radius 3 is 2.68 bits per heavy atom. The molecule has 3 nitrogen and oxygen atoms in total. The zero-order chi connectivity index (χ0) is 15.9. The Morgan fingerprint density at radius 2 is 2.05 bits per heavy atom. The number of benzene rings is 1. The SMILES string of the molecule is CN(C)C(CNC(=O)CCc1cccs1)c1ccccc1Cl. The summed E-state index contributed by atoms with van der Waals surface area (Å²) in [6.45, 7) is 0.556. The van der Waals surface area contributed by atoms with E-state index in [-0.39, 0.29) is 11.9 Å². The Labute approximate surface area is 140 Å². The van der Waals surface area contributed by atoms with Crippen LogP contribution in [0.5, 0.6) is 0 Å². The van der Waals surface area contributed by atoms with Gasteiger partial charge in [0.05, 0.1) is 6.04 Å². The summed E-state index contributed by atoms with van der Waals surface area (Å²) < 4.78 is 0. The maximum Gasteiger partial charge on any atom is 0.220 e. The highest BCUT2D eigenvalue weighted by molar-refractivity contribution is 7.09. The molecule has 2 rings (SSSR count). The van der Waals surface area contributed by atoms with Crippen molar-refractivity contribution in [3.8, 4) is 0 Å². The second kappa shape index (κ2) is 8.32. The van der Waals surface area contributed by atoms with Crippen molar-refractivity contribution in [1.82, 2.24) is 10.2 Å². The molecule has 0 bridgehead atoms. The third-order valence-electron chi connectivity index (χ3n) is 3.56. The lowest BCUT2D eigenvalue weighted by molar-refractivity contribution is -0.121. The fourth-order valence-corrected chi connectivity index (χ4v) is 3.28. The molecule has 118 valence electrons. The van der Waals surface area contributed by atoms with E-state index in [9.17, 15) is 4.79 Å². The lowest BCUT2D eigenvalue weighted by atomic mass is 10.1. The lowest BCUT2D eigenvalue weighted by Crippen LogP contribution is -2.34. The van der Waals surface area contributed by atoms with Gasteiger partial charge in [0.2, 0.25) is 5.91 Å². The maximum absolute atomic E-state index is 12.0. The van der Waals surface area contributed by atoms with Crippen molar-refractivity contribution >= 4 is 28.8 Å². The summed E-state index contributed by atoms with van der Waals surface area (Å²) in [6.07, 6.45) is 1.31. The molecule has 0 radical (unpaired) electrons. The van der Waals surface area contributed by atoms with Gasteiger partial charge in [-0.2, -0.15) is 0 Å². The molecule has 0 fully saturated rings. The predicted octanol–water partition coefficient (Wildman–Crippen LogP) is 3.75. The highest BCUT2D eigenvalue weighted by Gasteiger charge is 2.17. The fraction of sp³-hybridized carbons (Fsp3) is 0.353. The molecule has 1 atom stereocenters. The summed E-state index contributed by atoms with van der Waals surface area (Å²) in [6, 6.07) is 11.9. The minimum absolute atomic E-state index is 0.0689. The number of carbonyl (C=O) groups is 1. The molecule has 0 aliphatic carbocycles. The van der Waals surface area contributed by atoms with Gasteiger partial charge in [-0.25, -0.2) is 0 Å². The zero-order valence-corrected chi connectivity index (χ0v) is 14.5. The van der Waals surface area contributed by atoms with E-state index in [2.05, 4.69) is 16.3 Å². The molecule has 5 heteroatoms. The van der Waals surface area contributed by atoms with E-state index >= 15 is 0 Å². The van der Waals surface area contributed by atoms with Crippen molar-refractivity contribution < 1.29 is 4.79 Å². The summed E-state index contributed by atoms with van der Waals surface area (Å²) in [5, 5.41) is 5.78. The van der Waals surface area contributed by atoms with Gasteiger partial charge in [-0.3, -0.25) is 4.79 Å². The Hall–Kier alpha value is -1.36. The van der Waals surface area contributed by atoms with E-state index in [0.29, 0.717) is 13.0 Å². The van der Waals surface area contributed by atoms with E-state index < -0.39 is 0 Å². The molecule has 0 saturated heterocycles. The number of aryl methyl sites for hydroxylation is 1. The average Bonchev–Trinajstić information content (AvgIpc) is 3.00. The van der Waals surface area contributed by atoms with Gasteiger partial charge < -0.3 is 10.2 Å². The van der Waals surface area contributed by atoms with E-state index in [1.54, 1.807) is 11.3 Å². The Balaban J connectivity index is 1.89. The Bertz CT molecular complexity index is 598. The van der Waals surface area contributed by atoms with Gasteiger partial charge in [-0.05, 0) is 43.6 Å². The largest absolute Gasteiger partial charge is 0.354 e. The molecular weight excluding hydrogens is 316 g/mol. The van der Waals surface area contributed by atoms with Gasteiger partial charge in [-0.15, -0.1) is 11.3 Å². The molecule has 1 aromatic carbocycles. The van der Waals surface area contributed by atoms with Crippen LogP contribution in [-0.4, -0.2) is 31.4 Å². The van der Waals surface area contributed by atoms with Crippen molar-refractivity contribution in [2.45, 2.75) is 18.9 Å². The standard InChI is InChI=1S/C17H21ClN2OS/c1-20(2)16(14-7-3-4-8-15(14)18)12-19-17(21)10-9-13-6-5-11-22-13/h3-8,11,16H,9-10,12H2,1-2H3,(H,19,21). The molecular formula is C17H21ClN2OS. The quantitative estimate of drug-likeness (QED) is 0.835. The van der Waals surface area contributed by atoms with Crippen LogP contribution in [-0.2, 0) is 11.2 Å². The number of nitrogens with one attached hydrogen (secondary N) is 1. The number of hydrogen-bond acceptors (Lipinski definition) is 3.